The van der Waals surface area contributed by atoms with E-state index in [1.54, 1.807) is 14.0 Å². The molecule has 1 saturated heterocycles. The predicted molar refractivity (Wildman–Crippen MR) is 47.0 cm³/mol. The first-order valence-electron chi connectivity index (χ1n) is 4.61. The third-order valence-electron chi connectivity index (χ3n) is 2.34. The topological polar surface area (TPSA) is 12.5 Å². The van der Waals surface area contributed by atoms with Crippen molar-refractivity contribution in [2.24, 2.45) is 0 Å². The smallest absolute Gasteiger partial charge is 0.110 e. The van der Waals surface area contributed by atoms with Crippen molar-refractivity contribution in [3.05, 3.63) is 0 Å². The molecule has 1 aliphatic rings. The van der Waals surface area contributed by atoms with Gasteiger partial charge in [-0.05, 0) is 26.3 Å². The third-order valence-corrected chi connectivity index (χ3v) is 2.34. The lowest BCUT2D eigenvalue weighted by Crippen LogP contribution is -2.36. The Morgan fingerprint density at radius 1 is 1.67 bits per heavy atom. The zero-order valence-corrected chi connectivity index (χ0v) is 7.92. The average molecular weight is 175 g/mol. The van der Waals surface area contributed by atoms with E-state index >= 15 is 0 Å². The lowest BCUT2D eigenvalue weighted by atomic mass is 10.2. The Bertz CT molecular complexity index is 130. The first-order chi connectivity index (χ1) is 5.74. The molecule has 0 aromatic carbocycles. The number of hydrogen-bond donors (Lipinski definition) is 0. The molecule has 0 bridgehead atoms. The molecule has 1 aliphatic heterocycles. The molecule has 12 heavy (non-hydrogen) atoms. The van der Waals surface area contributed by atoms with Crippen molar-refractivity contribution in [2.75, 3.05) is 26.8 Å². The summed E-state index contributed by atoms with van der Waals surface area (Å²) in [7, 11) is 1.70. The summed E-state index contributed by atoms with van der Waals surface area (Å²) >= 11 is 0. The van der Waals surface area contributed by atoms with Gasteiger partial charge in [-0.1, -0.05) is 0 Å². The molecule has 0 aromatic rings. The van der Waals surface area contributed by atoms with Crippen LogP contribution in [0.4, 0.5) is 4.39 Å². The van der Waals surface area contributed by atoms with E-state index in [1.807, 2.05) is 0 Å². The van der Waals surface area contributed by atoms with Crippen LogP contribution in [-0.2, 0) is 4.74 Å². The van der Waals surface area contributed by atoms with Gasteiger partial charge in [0.25, 0.3) is 0 Å². The van der Waals surface area contributed by atoms with Crippen molar-refractivity contribution >= 4 is 0 Å². The lowest BCUT2D eigenvalue weighted by molar-refractivity contribution is 0.101. The van der Waals surface area contributed by atoms with E-state index in [0.717, 1.165) is 19.6 Å². The molecule has 0 saturated carbocycles. The van der Waals surface area contributed by atoms with E-state index in [2.05, 4.69) is 4.90 Å². The van der Waals surface area contributed by atoms with Crippen LogP contribution in [0.2, 0.25) is 0 Å². The fourth-order valence-electron chi connectivity index (χ4n) is 1.84. The van der Waals surface area contributed by atoms with Crippen LogP contribution < -0.4 is 0 Å². The van der Waals surface area contributed by atoms with Crippen molar-refractivity contribution in [3.8, 4) is 0 Å². The second kappa shape index (κ2) is 4.77. The number of alkyl halides is 1. The van der Waals surface area contributed by atoms with Crippen molar-refractivity contribution in [1.82, 2.24) is 4.90 Å². The van der Waals surface area contributed by atoms with Crippen LogP contribution >= 0.6 is 0 Å². The summed E-state index contributed by atoms with van der Waals surface area (Å²) in [6, 6.07) is 0.452. The highest BCUT2D eigenvalue weighted by Gasteiger charge is 2.25. The summed E-state index contributed by atoms with van der Waals surface area (Å²) in [6.07, 6.45) is 1.61. The second-order valence-electron chi connectivity index (χ2n) is 3.53. The molecule has 0 spiro atoms. The van der Waals surface area contributed by atoms with Gasteiger partial charge in [-0.15, -0.1) is 0 Å². The van der Waals surface area contributed by atoms with Gasteiger partial charge in [-0.2, -0.15) is 0 Å². The van der Waals surface area contributed by atoms with E-state index < -0.39 is 6.17 Å². The summed E-state index contributed by atoms with van der Waals surface area (Å²) in [5, 5.41) is 0. The van der Waals surface area contributed by atoms with Gasteiger partial charge in [0.1, 0.15) is 6.17 Å². The predicted octanol–water partition coefficient (Wildman–Crippen LogP) is 1.46. The number of ether oxygens (including phenoxy) is 1. The SMILES string of the molecule is COCC1CCCN1CC(C)F. The molecule has 2 unspecified atom stereocenters. The molecule has 1 heterocycles. The minimum atomic E-state index is -0.720. The number of hydrogen-bond acceptors (Lipinski definition) is 2. The largest absolute Gasteiger partial charge is 0.383 e. The number of methoxy groups -OCH3 is 1. The zero-order chi connectivity index (χ0) is 8.97. The number of rotatable bonds is 4. The molecule has 1 fully saturated rings. The van der Waals surface area contributed by atoms with Gasteiger partial charge >= 0.3 is 0 Å². The Morgan fingerprint density at radius 2 is 2.42 bits per heavy atom. The minimum Gasteiger partial charge on any atom is -0.383 e. The Balaban J connectivity index is 2.30. The Morgan fingerprint density at radius 3 is 3.00 bits per heavy atom. The minimum absolute atomic E-state index is 0.452. The van der Waals surface area contributed by atoms with Gasteiger partial charge in [0.2, 0.25) is 0 Å². The van der Waals surface area contributed by atoms with E-state index in [9.17, 15) is 4.39 Å². The molecule has 0 aromatic heterocycles. The van der Waals surface area contributed by atoms with Crippen molar-refractivity contribution in [1.29, 1.82) is 0 Å². The molecular formula is C9H18FNO. The maximum atomic E-state index is 12.7. The van der Waals surface area contributed by atoms with Crippen LogP contribution in [0.1, 0.15) is 19.8 Å². The summed E-state index contributed by atoms with van der Waals surface area (Å²) < 4.78 is 17.8. The Labute approximate surface area is 73.7 Å². The standard InChI is InChI=1S/C9H18FNO/c1-8(10)6-11-5-3-4-9(11)7-12-2/h8-9H,3-7H2,1-2H3. The molecule has 2 nitrogen and oxygen atoms in total. The van der Waals surface area contributed by atoms with Gasteiger partial charge < -0.3 is 4.74 Å². The maximum Gasteiger partial charge on any atom is 0.110 e. The highest BCUT2D eigenvalue weighted by atomic mass is 19.1. The Hall–Kier alpha value is -0.150. The van der Waals surface area contributed by atoms with E-state index in [0.29, 0.717) is 12.6 Å². The molecule has 2 atom stereocenters. The monoisotopic (exact) mass is 175 g/mol. The van der Waals surface area contributed by atoms with Gasteiger partial charge in [-0.3, -0.25) is 4.90 Å². The van der Waals surface area contributed by atoms with Gasteiger partial charge in [0.05, 0.1) is 6.61 Å². The van der Waals surface area contributed by atoms with Gasteiger partial charge in [-0.25, -0.2) is 4.39 Å². The summed E-state index contributed by atoms with van der Waals surface area (Å²) in [6.45, 7) is 3.95. The van der Waals surface area contributed by atoms with Crippen molar-refractivity contribution in [2.45, 2.75) is 32.0 Å². The molecule has 0 amide bonds. The van der Waals surface area contributed by atoms with Crippen molar-refractivity contribution in [3.63, 3.8) is 0 Å². The van der Waals surface area contributed by atoms with Crippen LogP contribution in [-0.4, -0.2) is 43.9 Å². The maximum absolute atomic E-state index is 12.7. The summed E-state index contributed by atoms with van der Waals surface area (Å²) in [5.74, 6) is 0. The Kier molecular flexibility index (Phi) is 3.95. The number of halogens is 1. The highest BCUT2D eigenvalue weighted by Crippen LogP contribution is 2.17. The van der Waals surface area contributed by atoms with Crippen LogP contribution in [0, 0.1) is 0 Å². The molecule has 0 radical (unpaired) electrons. The third kappa shape index (κ3) is 2.72. The number of likely N-dealkylation sites (tertiary alicyclic amines) is 1. The van der Waals surface area contributed by atoms with Crippen LogP contribution in [0.15, 0.2) is 0 Å². The lowest BCUT2D eigenvalue weighted by Gasteiger charge is -2.23. The van der Waals surface area contributed by atoms with Crippen LogP contribution in [0.5, 0.6) is 0 Å². The summed E-state index contributed by atoms with van der Waals surface area (Å²) in [5.41, 5.74) is 0. The summed E-state index contributed by atoms with van der Waals surface area (Å²) in [4.78, 5) is 2.19. The quantitative estimate of drug-likeness (QED) is 0.641. The first-order valence-corrected chi connectivity index (χ1v) is 4.61. The molecular weight excluding hydrogens is 157 g/mol. The van der Waals surface area contributed by atoms with Gasteiger partial charge in [0, 0.05) is 19.7 Å². The van der Waals surface area contributed by atoms with E-state index in [4.69, 9.17) is 4.74 Å². The van der Waals surface area contributed by atoms with Crippen molar-refractivity contribution < 1.29 is 9.13 Å². The normalized spacial score (nSPS) is 27.8. The molecule has 1 rings (SSSR count). The molecule has 0 aliphatic carbocycles. The molecule has 3 heteroatoms. The van der Waals surface area contributed by atoms with E-state index in [-0.39, 0.29) is 0 Å². The molecule has 72 valence electrons. The van der Waals surface area contributed by atoms with E-state index in [1.165, 1.54) is 6.42 Å². The average Bonchev–Trinajstić information content (AvgIpc) is 2.37. The second-order valence-corrected chi connectivity index (χ2v) is 3.53. The highest BCUT2D eigenvalue weighted by molar-refractivity contribution is 4.79. The fourth-order valence-corrected chi connectivity index (χ4v) is 1.84. The van der Waals surface area contributed by atoms with Crippen LogP contribution in [0.25, 0.3) is 0 Å². The van der Waals surface area contributed by atoms with Gasteiger partial charge in [0.15, 0.2) is 0 Å². The zero-order valence-electron chi connectivity index (χ0n) is 7.92. The van der Waals surface area contributed by atoms with Crippen LogP contribution in [0.3, 0.4) is 0 Å². The molecule has 0 N–H and O–H groups in total. The number of nitrogens with zero attached hydrogens (tertiary/aromatic N) is 1. The fraction of sp³-hybridized carbons (Fsp3) is 1.00. The first kappa shape index (κ1) is 9.93.